The third kappa shape index (κ3) is 3.96. The normalized spacial score (nSPS) is 13.1. The topological polar surface area (TPSA) is 93.5 Å². The van der Waals surface area contributed by atoms with Gasteiger partial charge in [0.25, 0.3) is 0 Å². The third-order valence-corrected chi connectivity index (χ3v) is 5.81. The van der Waals surface area contributed by atoms with Crippen molar-refractivity contribution < 1.29 is 19.4 Å². The van der Waals surface area contributed by atoms with Crippen molar-refractivity contribution in [2.45, 2.75) is 12.0 Å². The Kier molecular flexibility index (Phi) is 5.36. The quantitative estimate of drug-likeness (QED) is 0.460. The largest absolute Gasteiger partial charge is 0.479 e. The Labute approximate surface area is 190 Å². The van der Waals surface area contributed by atoms with Crippen molar-refractivity contribution in [3.8, 4) is 16.8 Å². The fourth-order valence-electron chi connectivity index (χ4n) is 4.25. The van der Waals surface area contributed by atoms with Gasteiger partial charge in [0.1, 0.15) is 6.61 Å². The minimum absolute atomic E-state index is 0.104. The molecular formula is C26H21N3O4. The lowest BCUT2D eigenvalue weighted by atomic mass is 9.98. The van der Waals surface area contributed by atoms with Crippen LogP contribution in [0.2, 0.25) is 0 Å². The maximum atomic E-state index is 12.6. The van der Waals surface area contributed by atoms with Crippen molar-refractivity contribution in [2.24, 2.45) is 0 Å². The lowest BCUT2D eigenvalue weighted by molar-refractivity contribution is -0.139. The number of benzene rings is 3. The van der Waals surface area contributed by atoms with Gasteiger partial charge in [0.15, 0.2) is 6.04 Å². The number of aliphatic carboxylic acids is 1. The van der Waals surface area contributed by atoms with E-state index in [9.17, 15) is 14.7 Å². The summed E-state index contributed by atoms with van der Waals surface area (Å²) < 4.78 is 7.05. The number of carbonyl (C=O) groups is 2. The summed E-state index contributed by atoms with van der Waals surface area (Å²) >= 11 is 0. The number of nitrogens with zero attached hydrogens (tertiary/aromatic N) is 2. The Morgan fingerprint density at radius 3 is 2.18 bits per heavy atom. The van der Waals surface area contributed by atoms with Crippen LogP contribution in [0, 0.1) is 0 Å². The average Bonchev–Trinajstić information content (AvgIpc) is 3.45. The summed E-state index contributed by atoms with van der Waals surface area (Å²) in [6.45, 7) is 0.107. The van der Waals surface area contributed by atoms with E-state index in [-0.39, 0.29) is 12.5 Å². The Hall–Kier alpha value is -4.39. The van der Waals surface area contributed by atoms with E-state index in [1.165, 1.54) is 6.20 Å². The zero-order valence-electron chi connectivity index (χ0n) is 17.6. The molecule has 7 nitrogen and oxygen atoms in total. The molecule has 4 aromatic rings. The SMILES string of the molecule is O=C(NC(C(=O)O)c1cnn(-c2ccccc2)c1)OCC1c2ccccc2-c2ccccc21. The highest BCUT2D eigenvalue weighted by Crippen LogP contribution is 2.44. The van der Waals surface area contributed by atoms with Crippen molar-refractivity contribution >= 4 is 12.1 Å². The van der Waals surface area contributed by atoms with Crippen LogP contribution >= 0.6 is 0 Å². The molecule has 0 bridgehead atoms. The predicted molar refractivity (Wildman–Crippen MR) is 122 cm³/mol. The molecular weight excluding hydrogens is 418 g/mol. The summed E-state index contributed by atoms with van der Waals surface area (Å²) in [4.78, 5) is 24.4. The second-order valence-electron chi connectivity index (χ2n) is 7.79. The second-order valence-corrected chi connectivity index (χ2v) is 7.79. The van der Waals surface area contributed by atoms with Crippen LogP contribution in [-0.4, -0.2) is 33.6 Å². The van der Waals surface area contributed by atoms with Crippen LogP contribution in [0.1, 0.15) is 28.7 Å². The monoisotopic (exact) mass is 439 g/mol. The molecule has 33 heavy (non-hydrogen) atoms. The number of nitrogens with one attached hydrogen (secondary N) is 1. The van der Waals surface area contributed by atoms with Crippen molar-refractivity contribution in [3.05, 3.63) is 108 Å². The molecule has 0 saturated carbocycles. The number of carboxylic acids is 1. The van der Waals surface area contributed by atoms with Gasteiger partial charge in [-0.05, 0) is 34.4 Å². The number of carboxylic acid groups (broad SMARTS) is 1. The number of hydrogen-bond donors (Lipinski definition) is 2. The molecule has 164 valence electrons. The minimum Gasteiger partial charge on any atom is -0.479 e. The second kappa shape index (κ2) is 8.63. The minimum atomic E-state index is -1.28. The molecule has 1 amide bonds. The number of alkyl carbamates (subject to hydrolysis) is 1. The van der Waals surface area contributed by atoms with E-state index in [1.54, 1.807) is 10.9 Å². The molecule has 7 heteroatoms. The number of rotatable bonds is 6. The van der Waals surface area contributed by atoms with E-state index < -0.39 is 18.1 Å². The van der Waals surface area contributed by atoms with Gasteiger partial charge in [-0.2, -0.15) is 5.10 Å². The van der Waals surface area contributed by atoms with Crippen molar-refractivity contribution in [2.75, 3.05) is 6.61 Å². The smallest absolute Gasteiger partial charge is 0.408 e. The predicted octanol–water partition coefficient (Wildman–Crippen LogP) is 4.54. The molecule has 5 rings (SSSR count). The molecule has 2 N–H and O–H groups in total. The van der Waals surface area contributed by atoms with Gasteiger partial charge in [-0.25, -0.2) is 14.3 Å². The first-order valence-corrected chi connectivity index (χ1v) is 10.6. The first kappa shape index (κ1) is 20.5. The Morgan fingerprint density at radius 2 is 1.55 bits per heavy atom. The van der Waals surface area contributed by atoms with Crippen LogP contribution in [0.15, 0.2) is 91.3 Å². The lowest BCUT2D eigenvalue weighted by Crippen LogP contribution is -2.34. The van der Waals surface area contributed by atoms with Crippen LogP contribution < -0.4 is 5.32 Å². The summed E-state index contributed by atoms with van der Waals surface area (Å²) in [5, 5.41) is 16.4. The van der Waals surface area contributed by atoms with Gasteiger partial charge < -0.3 is 15.2 Å². The van der Waals surface area contributed by atoms with Gasteiger partial charge in [0.05, 0.1) is 11.9 Å². The van der Waals surface area contributed by atoms with Gasteiger partial charge in [-0.15, -0.1) is 0 Å². The first-order valence-electron chi connectivity index (χ1n) is 10.6. The molecule has 0 radical (unpaired) electrons. The molecule has 0 fully saturated rings. The van der Waals surface area contributed by atoms with Gasteiger partial charge in [0.2, 0.25) is 0 Å². The molecule has 1 unspecified atom stereocenters. The molecule has 0 saturated heterocycles. The molecule has 1 aliphatic carbocycles. The van der Waals surface area contributed by atoms with Gasteiger partial charge in [0, 0.05) is 17.7 Å². The van der Waals surface area contributed by atoms with E-state index in [1.807, 2.05) is 66.7 Å². The number of carbonyl (C=O) groups excluding carboxylic acids is 1. The van der Waals surface area contributed by atoms with Crippen LogP contribution in [0.25, 0.3) is 16.8 Å². The summed E-state index contributed by atoms with van der Waals surface area (Å²) in [5.41, 5.74) is 5.56. The average molecular weight is 439 g/mol. The fourth-order valence-corrected chi connectivity index (χ4v) is 4.25. The Morgan fingerprint density at radius 1 is 0.939 bits per heavy atom. The van der Waals surface area contributed by atoms with Gasteiger partial charge >= 0.3 is 12.1 Å². The van der Waals surface area contributed by atoms with Gasteiger partial charge in [-0.1, -0.05) is 66.7 Å². The van der Waals surface area contributed by atoms with Crippen molar-refractivity contribution in [1.29, 1.82) is 0 Å². The molecule has 0 aliphatic heterocycles. The van der Waals surface area contributed by atoms with Crippen LogP contribution in [0.4, 0.5) is 4.79 Å². The molecule has 3 aromatic carbocycles. The summed E-state index contributed by atoms with van der Waals surface area (Å²) in [6, 6.07) is 24.1. The zero-order chi connectivity index (χ0) is 22.8. The van der Waals surface area contributed by atoms with E-state index in [4.69, 9.17) is 4.74 Å². The van der Waals surface area contributed by atoms with Crippen molar-refractivity contribution in [1.82, 2.24) is 15.1 Å². The van der Waals surface area contributed by atoms with Crippen LogP contribution in [-0.2, 0) is 9.53 Å². The lowest BCUT2D eigenvalue weighted by Gasteiger charge is -2.17. The first-order chi connectivity index (χ1) is 16.1. The van der Waals surface area contributed by atoms with Crippen LogP contribution in [0.5, 0.6) is 0 Å². The number of amides is 1. The Bertz CT molecular complexity index is 1270. The number of fused-ring (bicyclic) bond motifs is 3. The van der Waals surface area contributed by atoms with Gasteiger partial charge in [-0.3, -0.25) is 0 Å². The summed E-state index contributed by atoms with van der Waals surface area (Å²) in [7, 11) is 0. The summed E-state index contributed by atoms with van der Waals surface area (Å²) in [5.74, 6) is -1.30. The van der Waals surface area contributed by atoms with E-state index in [0.29, 0.717) is 5.56 Å². The number of aromatic nitrogens is 2. The maximum absolute atomic E-state index is 12.6. The summed E-state index contributed by atoms with van der Waals surface area (Å²) in [6.07, 6.45) is 2.21. The standard InChI is InChI=1S/C26H21N3O4/c30-25(31)24(17-14-27-29(15-17)18-8-2-1-3-9-18)28-26(32)33-16-23-21-12-6-4-10-19(21)20-11-5-7-13-22(20)23/h1-15,23-24H,16H2,(H,28,32)(H,30,31). The highest BCUT2D eigenvalue weighted by molar-refractivity contribution is 5.82. The number of hydrogen-bond acceptors (Lipinski definition) is 4. The highest BCUT2D eigenvalue weighted by Gasteiger charge is 2.30. The maximum Gasteiger partial charge on any atom is 0.408 e. The highest BCUT2D eigenvalue weighted by atomic mass is 16.5. The fraction of sp³-hybridized carbons (Fsp3) is 0.115. The zero-order valence-corrected chi connectivity index (χ0v) is 17.6. The Balaban J connectivity index is 1.29. The molecule has 0 spiro atoms. The van der Waals surface area contributed by atoms with Crippen molar-refractivity contribution in [3.63, 3.8) is 0 Å². The van der Waals surface area contributed by atoms with E-state index >= 15 is 0 Å². The molecule has 1 atom stereocenters. The van der Waals surface area contributed by atoms with E-state index in [0.717, 1.165) is 27.9 Å². The molecule has 1 aromatic heterocycles. The number of para-hydroxylation sites is 1. The third-order valence-electron chi connectivity index (χ3n) is 5.81. The molecule has 1 aliphatic rings. The van der Waals surface area contributed by atoms with E-state index in [2.05, 4.69) is 22.5 Å². The van der Waals surface area contributed by atoms with Crippen LogP contribution in [0.3, 0.4) is 0 Å². The molecule has 1 heterocycles. The number of ether oxygens (including phenoxy) is 1.